The average molecular weight is 249 g/mol. The molecule has 1 aromatic rings. The summed E-state index contributed by atoms with van der Waals surface area (Å²) < 4.78 is 9.94. The zero-order valence-electron chi connectivity index (χ0n) is 10.1. The molecule has 0 amide bonds. The number of carbonyl (C=O) groups is 2. The second-order valence-corrected chi connectivity index (χ2v) is 4.11. The van der Waals surface area contributed by atoms with Crippen molar-refractivity contribution in [2.24, 2.45) is 0 Å². The molecule has 96 valence electrons. The van der Waals surface area contributed by atoms with Gasteiger partial charge in [-0.2, -0.15) is 0 Å². The molecule has 0 radical (unpaired) electrons. The van der Waals surface area contributed by atoms with Gasteiger partial charge in [0, 0.05) is 13.0 Å². The standard InChI is InChI=1S/C13H15NO4/c1-17-13(16)11-7-10(8-14-11)18-12(15)9-5-3-2-4-6-9/h2-6,10-11,14H,7-8H2,1H3/t10-,11+/m1/s1. The van der Waals surface area contributed by atoms with Crippen LogP contribution in [0.2, 0.25) is 0 Å². The van der Waals surface area contributed by atoms with E-state index in [2.05, 4.69) is 10.1 Å². The third kappa shape index (κ3) is 2.87. The van der Waals surface area contributed by atoms with Crippen LogP contribution < -0.4 is 5.32 Å². The first-order valence-electron chi connectivity index (χ1n) is 5.78. The second kappa shape index (κ2) is 5.64. The molecule has 0 unspecified atom stereocenters. The Balaban J connectivity index is 1.89. The van der Waals surface area contributed by atoms with E-state index in [0.29, 0.717) is 18.5 Å². The predicted molar refractivity (Wildman–Crippen MR) is 64.1 cm³/mol. The lowest BCUT2D eigenvalue weighted by molar-refractivity contribution is -0.142. The summed E-state index contributed by atoms with van der Waals surface area (Å²) in [4.78, 5) is 23.1. The molecule has 1 N–H and O–H groups in total. The molecule has 0 bridgehead atoms. The largest absolute Gasteiger partial charge is 0.468 e. The lowest BCUT2D eigenvalue weighted by Crippen LogP contribution is -2.31. The molecule has 1 fully saturated rings. The first-order chi connectivity index (χ1) is 8.70. The third-order valence-electron chi connectivity index (χ3n) is 2.86. The number of hydrogen-bond acceptors (Lipinski definition) is 5. The molecule has 0 spiro atoms. The van der Waals surface area contributed by atoms with Gasteiger partial charge in [0.1, 0.15) is 12.1 Å². The minimum atomic E-state index is -0.386. The van der Waals surface area contributed by atoms with Crippen LogP contribution in [0.5, 0.6) is 0 Å². The lowest BCUT2D eigenvalue weighted by atomic mass is 10.2. The molecule has 2 rings (SSSR count). The molecule has 0 saturated carbocycles. The van der Waals surface area contributed by atoms with Gasteiger partial charge in [-0.3, -0.25) is 4.79 Å². The van der Waals surface area contributed by atoms with Crippen LogP contribution in [0.3, 0.4) is 0 Å². The van der Waals surface area contributed by atoms with Crippen molar-refractivity contribution in [3.63, 3.8) is 0 Å². The first kappa shape index (κ1) is 12.6. The first-order valence-corrected chi connectivity index (χ1v) is 5.78. The molecule has 1 aliphatic heterocycles. The molecule has 5 nitrogen and oxygen atoms in total. The van der Waals surface area contributed by atoms with Crippen molar-refractivity contribution in [3.05, 3.63) is 35.9 Å². The highest BCUT2D eigenvalue weighted by molar-refractivity contribution is 5.89. The number of methoxy groups -OCH3 is 1. The van der Waals surface area contributed by atoms with E-state index in [0.717, 1.165) is 0 Å². The summed E-state index contributed by atoms with van der Waals surface area (Å²) in [5, 5.41) is 2.96. The van der Waals surface area contributed by atoms with E-state index in [9.17, 15) is 9.59 Å². The van der Waals surface area contributed by atoms with E-state index in [1.807, 2.05) is 6.07 Å². The number of ether oxygens (including phenoxy) is 2. The number of hydrogen-bond donors (Lipinski definition) is 1. The number of carbonyl (C=O) groups excluding carboxylic acids is 2. The molecule has 18 heavy (non-hydrogen) atoms. The van der Waals surface area contributed by atoms with Gasteiger partial charge in [-0.1, -0.05) is 18.2 Å². The van der Waals surface area contributed by atoms with Crippen LogP contribution in [0.4, 0.5) is 0 Å². The SMILES string of the molecule is COC(=O)[C@@H]1C[C@@H](OC(=O)c2ccccc2)CN1. The van der Waals surface area contributed by atoms with E-state index in [-0.39, 0.29) is 24.1 Å². The van der Waals surface area contributed by atoms with Gasteiger partial charge in [0.25, 0.3) is 0 Å². The topological polar surface area (TPSA) is 64.6 Å². The Morgan fingerprint density at radius 3 is 2.67 bits per heavy atom. The molecule has 0 aromatic heterocycles. The molecule has 1 heterocycles. The Morgan fingerprint density at radius 1 is 1.28 bits per heavy atom. The summed E-state index contributed by atoms with van der Waals surface area (Å²) >= 11 is 0. The summed E-state index contributed by atoms with van der Waals surface area (Å²) in [5.41, 5.74) is 0.513. The smallest absolute Gasteiger partial charge is 0.338 e. The Hall–Kier alpha value is -1.88. The van der Waals surface area contributed by atoms with Gasteiger partial charge < -0.3 is 14.8 Å². The van der Waals surface area contributed by atoms with Crippen LogP contribution in [-0.2, 0) is 14.3 Å². The highest BCUT2D eigenvalue weighted by Crippen LogP contribution is 2.14. The van der Waals surface area contributed by atoms with Crippen molar-refractivity contribution in [2.75, 3.05) is 13.7 Å². The van der Waals surface area contributed by atoms with Gasteiger partial charge >= 0.3 is 11.9 Å². The van der Waals surface area contributed by atoms with Crippen LogP contribution >= 0.6 is 0 Å². The van der Waals surface area contributed by atoms with Crippen LogP contribution in [-0.4, -0.2) is 37.7 Å². The van der Waals surface area contributed by atoms with Crippen molar-refractivity contribution in [1.29, 1.82) is 0 Å². The zero-order chi connectivity index (χ0) is 13.0. The second-order valence-electron chi connectivity index (χ2n) is 4.11. The molecule has 1 aromatic carbocycles. The number of rotatable bonds is 3. The molecular formula is C13H15NO4. The van der Waals surface area contributed by atoms with Crippen molar-refractivity contribution < 1.29 is 19.1 Å². The number of nitrogens with one attached hydrogen (secondary N) is 1. The summed E-state index contributed by atoms with van der Waals surface area (Å²) in [7, 11) is 1.34. The summed E-state index contributed by atoms with van der Waals surface area (Å²) in [6, 6.07) is 8.40. The molecule has 5 heteroatoms. The van der Waals surface area contributed by atoms with Crippen LogP contribution in [0.1, 0.15) is 16.8 Å². The van der Waals surface area contributed by atoms with Crippen molar-refractivity contribution in [3.8, 4) is 0 Å². The quantitative estimate of drug-likeness (QED) is 0.801. The minimum absolute atomic E-state index is 0.290. The molecule has 2 atom stereocenters. The van der Waals surface area contributed by atoms with E-state index < -0.39 is 0 Å². The normalized spacial score (nSPS) is 22.5. The third-order valence-corrected chi connectivity index (χ3v) is 2.86. The summed E-state index contributed by atoms with van der Waals surface area (Å²) in [6.45, 7) is 0.471. The van der Waals surface area contributed by atoms with Gasteiger partial charge in [0.05, 0.1) is 12.7 Å². The fourth-order valence-electron chi connectivity index (χ4n) is 1.91. The van der Waals surface area contributed by atoms with Crippen LogP contribution in [0.25, 0.3) is 0 Å². The molecular weight excluding hydrogens is 234 g/mol. The Morgan fingerprint density at radius 2 is 2.00 bits per heavy atom. The van der Waals surface area contributed by atoms with Gasteiger partial charge in [0.2, 0.25) is 0 Å². The zero-order valence-corrected chi connectivity index (χ0v) is 10.1. The molecule has 0 aliphatic carbocycles. The molecule has 1 aliphatic rings. The summed E-state index contributed by atoms with van der Waals surface area (Å²) in [6.07, 6.45) is 0.160. The minimum Gasteiger partial charge on any atom is -0.468 e. The highest BCUT2D eigenvalue weighted by Gasteiger charge is 2.32. The van der Waals surface area contributed by atoms with Gasteiger partial charge in [0.15, 0.2) is 0 Å². The van der Waals surface area contributed by atoms with E-state index >= 15 is 0 Å². The van der Waals surface area contributed by atoms with Crippen molar-refractivity contribution in [2.45, 2.75) is 18.6 Å². The Kier molecular flexibility index (Phi) is 3.94. The maximum Gasteiger partial charge on any atom is 0.338 e. The number of esters is 2. The van der Waals surface area contributed by atoms with Crippen molar-refractivity contribution >= 4 is 11.9 Å². The van der Waals surface area contributed by atoms with Gasteiger partial charge in [-0.25, -0.2) is 4.79 Å². The maximum atomic E-state index is 11.8. The van der Waals surface area contributed by atoms with E-state index in [1.165, 1.54) is 7.11 Å². The van der Waals surface area contributed by atoms with Gasteiger partial charge in [-0.15, -0.1) is 0 Å². The Labute approximate surface area is 105 Å². The van der Waals surface area contributed by atoms with E-state index in [1.54, 1.807) is 24.3 Å². The Bertz CT molecular complexity index is 432. The van der Waals surface area contributed by atoms with E-state index in [4.69, 9.17) is 4.74 Å². The lowest BCUT2D eigenvalue weighted by Gasteiger charge is -2.11. The number of benzene rings is 1. The monoisotopic (exact) mass is 249 g/mol. The predicted octanol–water partition coefficient (Wildman–Crippen LogP) is 0.747. The average Bonchev–Trinajstić information content (AvgIpc) is 2.87. The molecule has 1 saturated heterocycles. The van der Waals surface area contributed by atoms with Crippen molar-refractivity contribution in [1.82, 2.24) is 5.32 Å². The van der Waals surface area contributed by atoms with Crippen LogP contribution in [0.15, 0.2) is 30.3 Å². The fraction of sp³-hybridized carbons (Fsp3) is 0.385. The highest BCUT2D eigenvalue weighted by atomic mass is 16.5. The fourth-order valence-corrected chi connectivity index (χ4v) is 1.91. The maximum absolute atomic E-state index is 11.8. The van der Waals surface area contributed by atoms with Crippen LogP contribution in [0, 0.1) is 0 Å². The summed E-state index contributed by atoms with van der Waals surface area (Å²) in [5.74, 6) is -0.693. The van der Waals surface area contributed by atoms with Gasteiger partial charge in [-0.05, 0) is 12.1 Å².